The zero-order chi connectivity index (χ0) is 53.6. The molecule has 1 N–H and O–H groups in total. The van der Waals surface area contributed by atoms with Crippen LogP contribution in [0, 0.1) is 13.8 Å². The summed E-state index contributed by atoms with van der Waals surface area (Å²) < 4.78 is 30.2. The van der Waals surface area contributed by atoms with Crippen molar-refractivity contribution in [3.63, 3.8) is 0 Å². The molecule has 72 heavy (non-hydrogen) atoms. The van der Waals surface area contributed by atoms with Crippen LogP contribution >= 0.6 is 0 Å². The van der Waals surface area contributed by atoms with Gasteiger partial charge in [-0.25, -0.2) is 4.98 Å². The Morgan fingerprint density at radius 1 is 0.569 bits per heavy atom. The lowest BCUT2D eigenvalue weighted by atomic mass is 9.68. The van der Waals surface area contributed by atoms with Crippen molar-refractivity contribution in [2.75, 3.05) is 0 Å². The van der Waals surface area contributed by atoms with Gasteiger partial charge in [0.25, 0.3) is 0 Å². The number of nitrogens with zero attached hydrogens (tertiary/aromatic N) is 3. The Kier molecular flexibility index (Phi) is 12.9. The van der Waals surface area contributed by atoms with E-state index in [0.717, 1.165) is 98.1 Å². The minimum atomic E-state index is -2.53. The second-order valence-corrected chi connectivity index (χ2v) is 21.2. The molecule has 0 aliphatic heterocycles. The van der Waals surface area contributed by atoms with Crippen LogP contribution in [0.2, 0.25) is 0 Å². The average Bonchev–Trinajstić information content (AvgIpc) is 3.82. The summed E-state index contributed by atoms with van der Waals surface area (Å²) in [7, 11) is 0. The fourth-order valence-corrected chi connectivity index (χ4v) is 10.6. The highest BCUT2D eigenvalue weighted by Crippen LogP contribution is 2.48. The summed E-state index contributed by atoms with van der Waals surface area (Å²) in [5.74, 6) is 0.767. The Morgan fingerprint density at radius 2 is 1.19 bits per heavy atom. The maximum absolute atomic E-state index is 12.5. The van der Waals surface area contributed by atoms with Crippen LogP contribution in [0.15, 0.2) is 158 Å². The van der Waals surface area contributed by atoms with Gasteiger partial charge in [-0.3, -0.25) is 9.55 Å². The Balaban J connectivity index is 1.36. The average molecular weight is 951 g/mol. The monoisotopic (exact) mass is 951 g/mol. The third-order valence-electron chi connectivity index (χ3n) is 16.2. The summed E-state index contributed by atoms with van der Waals surface area (Å²) in [6, 6.07) is 52.8. The number of imidazole rings is 1. The topological polar surface area (TPSA) is 50.9 Å². The first kappa shape index (κ1) is 46.1. The predicted molar refractivity (Wildman–Crippen MR) is 307 cm³/mol. The van der Waals surface area contributed by atoms with Crippen molar-refractivity contribution in [2.45, 2.75) is 131 Å². The number of rotatable bonds is 15. The zero-order valence-electron chi connectivity index (χ0n) is 47.3. The number of hydrogen-bond donors (Lipinski definition) is 1. The largest absolute Gasteiger partial charge is 0.507 e. The number of para-hydroxylation sites is 1. The fraction of sp³-hybridized carbons (Fsp3) is 0.294. The molecule has 4 heteroatoms. The highest BCUT2D eigenvalue weighted by atomic mass is 16.3. The minimum absolute atomic E-state index is 0.00782. The molecule has 0 unspecified atom stereocenters. The van der Waals surface area contributed by atoms with E-state index in [1.807, 2.05) is 47.2 Å². The first-order valence-electron chi connectivity index (χ1n) is 27.7. The van der Waals surface area contributed by atoms with Crippen LogP contribution in [0.25, 0.3) is 83.9 Å². The molecule has 0 bridgehead atoms. The molecule has 9 rings (SSSR count). The molecule has 9 aromatic rings. The van der Waals surface area contributed by atoms with Crippen LogP contribution < -0.4 is 0 Å². The molecule has 2 aromatic heterocycles. The van der Waals surface area contributed by atoms with Crippen LogP contribution in [0.4, 0.5) is 0 Å². The standard InChI is InChI=1S/C68H73N3O/c1-13-67(11,14-2)58-25-21-26-59(68(12,15-3)16-4)63(58)50-32-33-61(46(10)36-50)71-62-27-20-24-55(64(62)70-66(71)57-41-51(43(5)6)40-56(44(7)8)65(57)72)53-37-52(47-22-18-17-19-23-47)38-54(39-53)60-42-49(34-35-69-60)48-30-28-45(9)29-31-48/h17-44,72H,13-16H2,1-12H3/i10D3. The highest BCUT2D eigenvalue weighted by molar-refractivity contribution is 5.98. The Morgan fingerprint density at radius 3 is 1.83 bits per heavy atom. The first-order chi connectivity index (χ1) is 35.8. The van der Waals surface area contributed by atoms with Crippen molar-refractivity contribution in [1.29, 1.82) is 0 Å². The quantitative estimate of drug-likeness (QED) is 0.111. The van der Waals surface area contributed by atoms with Gasteiger partial charge in [-0.1, -0.05) is 172 Å². The van der Waals surface area contributed by atoms with Gasteiger partial charge in [-0.2, -0.15) is 0 Å². The molecule has 0 atom stereocenters. The summed E-state index contributed by atoms with van der Waals surface area (Å²) in [4.78, 5) is 10.6. The van der Waals surface area contributed by atoms with Crippen molar-refractivity contribution < 1.29 is 9.22 Å². The van der Waals surface area contributed by atoms with Gasteiger partial charge in [0.1, 0.15) is 11.6 Å². The van der Waals surface area contributed by atoms with Crippen LogP contribution in [0.3, 0.4) is 0 Å². The van der Waals surface area contributed by atoms with E-state index < -0.39 is 6.85 Å². The van der Waals surface area contributed by atoms with E-state index in [1.54, 1.807) is 0 Å². The van der Waals surface area contributed by atoms with Gasteiger partial charge in [-0.15, -0.1) is 0 Å². The van der Waals surface area contributed by atoms with Crippen molar-refractivity contribution >= 4 is 11.0 Å². The number of fused-ring (bicyclic) bond motifs is 1. The molecule has 0 spiro atoms. The van der Waals surface area contributed by atoms with Crippen molar-refractivity contribution in [1.82, 2.24) is 14.5 Å². The Hall–Kier alpha value is -7.04. The van der Waals surface area contributed by atoms with Gasteiger partial charge >= 0.3 is 0 Å². The normalized spacial score (nSPS) is 12.9. The second-order valence-electron chi connectivity index (χ2n) is 21.2. The number of hydrogen-bond acceptors (Lipinski definition) is 3. The number of aryl methyl sites for hydroxylation is 2. The third kappa shape index (κ3) is 9.21. The molecule has 2 heterocycles. The zero-order valence-corrected chi connectivity index (χ0v) is 44.3. The lowest BCUT2D eigenvalue weighted by Crippen LogP contribution is -2.25. The van der Waals surface area contributed by atoms with Gasteiger partial charge in [0.2, 0.25) is 0 Å². The van der Waals surface area contributed by atoms with E-state index >= 15 is 0 Å². The maximum atomic E-state index is 12.5. The number of phenols is 1. The molecule has 0 amide bonds. The summed E-state index contributed by atoms with van der Waals surface area (Å²) in [5.41, 5.74) is 17.8. The van der Waals surface area contributed by atoms with Crippen LogP contribution in [-0.2, 0) is 10.8 Å². The van der Waals surface area contributed by atoms with Gasteiger partial charge in [0, 0.05) is 21.4 Å². The maximum Gasteiger partial charge on any atom is 0.149 e. The molecule has 366 valence electrons. The summed E-state index contributed by atoms with van der Waals surface area (Å²) in [6.07, 6.45) is 5.64. The van der Waals surface area contributed by atoms with E-state index in [4.69, 9.17) is 9.97 Å². The summed E-state index contributed by atoms with van der Waals surface area (Å²) in [6.45, 7) is 21.8. The number of aromatic nitrogens is 3. The molecule has 0 saturated heterocycles. The van der Waals surface area contributed by atoms with E-state index in [2.05, 4.69) is 191 Å². The fourth-order valence-electron chi connectivity index (χ4n) is 10.6. The highest BCUT2D eigenvalue weighted by Gasteiger charge is 2.33. The Bertz CT molecular complexity index is 3480. The van der Waals surface area contributed by atoms with Crippen molar-refractivity contribution in [3.8, 4) is 78.6 Å². The van der Waals surface area contributed by atoms with Gasteiger partial charge in [-0.05, 0) is 183 Å². The Labute approximate surface area is 434 Å². The lowest BCUT2D eigenvalue weighted by molar-refractivity contribution is 0.426. The molecular formula is C68H73N3O. The lowest BCUT2D eigenvalue weighted by Gasteiger charge is -2.36. The van der Waals surface area contributed by atoms with Crippen molar-refractivity contribution in [2.24, 2.45) is 0 Å². The van der Waals surface area contributed by atoms with Crippen molar-refractivity contribution in [3.05, 3.63) is 191 Å². The molecule has 0 aliphatic carbocycles. The van der Waals surface area contributed by atoms with E-state index in [9.17, 15) is 9.22 Å². The van der Waals surface area contributed by atoms with Gasteiger partial charge in [0.05, 0.1) is 28.0 Å². The van der Waals surface area contributed by atoms with Crippen LogP contribution in [0.1, 0.15) is 144 Å². The first-order valence-corrected chi connectivity index (χ1v) is 26.2. The molecule has 0 radical (unpaired) electrons. The predicted octanol–water partition coefficient (Wildman–Crippen LogP) is 19.1. The summed E-state index contributed by atoms with van der Waals surface area (Å²) >= 11 is 0. The number of pyridine rings is 1. The van der Waals surface area contributed by atoms with E-state index in [0.29, 0.717) is 22.6 Å². The molecular weight excluding hydrogens is 875 g/mol. The third-order valence-corrected chi connectivity index (χ3v) is 16.2. The smallest absolute Gasteiger partial charge is 0.149 e. The summed E-state index contributed by atoms with van der Waals surface area (Å²) in [5, 5.41) is 12.5. The van der Waals surface area contributed by atoms with E-state index in [1.165, 1.54) is 16.7 Å². The number of benzene rings is 7. The number of aromatic hydroxyl groups is 1. The van der Waals surface area contributed by atoms with Gasteiger partial charge < -0.3 is 5.11 Å². The minimum Gasteiger partial charge on any atom is -0.507 e. The molecule has 0 aliphatic rings. The molecule has 0 fully saturated rings. The van der Waals surface area contributed by atoms with Gasteiger partial charge in [0.15, 0.2) is 0 Å². The van der Waals surface area contributed by atoms with Crippen LogP contribution in [-0.4, -0.2) is 19.6 Å². The second kappa shape index (κ2) is 20.2. The SMILES string of the molecule is [2H]C([2H])([2H])c1cc(-c2c(C(C)(CC)CC)cccc2C(C)(CC)CC)ccc1-n1c(-c2cc(C(C)C)cc(C(C)C)c2O)nc2c(-c3cc(-c4ccccc4)cc(-c4cc(-c5ccc(C)cc5)ccn4)c3)cccc21. The number of phenolic OH excluding ortho intramolecular Hbond substituents is 1. The molecule has 7 aromatic carbocycles. The molecule has 0 saturated carbocycles. The molecule has 4 nitrogen and oxygen atoms in total. The van der Waals surface area contributed by atoms with E-state index in [-0.39, 0.29) is 34.0 Å². The van der Waals surface area contributed by atoms with Crippen LogP contribution in [0.5, 0.6) is 5.75 Å².